The Morgan fingerprint density at radius 1 is 1.33 bits per heavy atom. The largest absolute Gasteiger partial charge is 0.458 e. The van der Waals surface area contributed by atoms with Gasteiger partial charge >= 0.3 is 5.97 Å². The van der Waals surface area contributed by atoms with E-state index in [-0.39, 0.29) is 12.1 Å². The number of rotatable bonds is 2. The van der Waals surface area contributed by atoms with Gasteiger partial charge in [-0.15, -0.1) is 11.3 Å². The molecule has 18 heavy (non-hydrogen) atoms. The number of nitrogen functional groups attached to an aromatic ring is 1. The topological polar surface area (TPSA) is 52.3 Å². The standard InChI is InChI=1S/C14H21NO2S/c1-8-4-9(2)6-11(5-8)17-14(16)13-7-12(15)10(3)18-13/h7-9,11H,4-6,15H2,1-3H3. The quantitative estimate of drug-likeness (QED) is 0.833. The van der Waals surface area contributed by atoms with E-state index in [1.165, 1.54) is 17.8 Å². The second-order valence-corrected chi connectivity index (χ2v) is 6.82. The van der Waals surface area contributed by atoms with Gasteiger partial charge in [0.1, 0.15) is 11.0 Å². The molecule has 4 heteroatoms. The van der Waals surface area contributed by atoms with Gasteiger partial charge in [-0.1, -0.05) is 13.8 Å². The lowest BCUT2D eigenvalue weighted by Crippen LogP contribution is -2.28. The van der Waals surface area contributed by atoms with Crippen LogP contribution in [-0.4, -0.2) is 12.1 Å². The van der Waals surface area contributed by atoms with Crippen LogP contribution in [0.3, 0.4) is 0 Å². The molecule has 3 nitrogen and oxygen atoms in total. The van der Waals surface area contributed by atoms with E-state index in [0.717, 1.165) is 17.7 Å². The van der Waals surface area contributed by atoms with Crippen LogP contribution in [0, 0.1) is 18.8 Å². The van der Waals surface area contributed by atoms with Crippen molar-refractivity contribution in [2.24, 2.45) is 11.8 Å². The fourth-order valence-electron chi connectivity index (χ4n) is 2.78. The van der Waals surface area contributed by atoms with Gasteiger partial charge in [-0.05, 0) is 44.1 Å². The molecule has 0 spiro atoms. The van der Waals surface area contributed by atoms with E-state index in [9.17, 15) is 4.79 Å². The molecule has 1 saturated carbocycles. The van der Waals surface area contributed by atoms with E-state index in [2.05, 4.69) is 13.8 Å². The summed E-state index contributed by atoms with van der Waals surface area (Å²) in [5, 5.41) is 0. The average molecular weight is 267 g/mol. The minimum Gasteiger partial charge on any atom is -0.458 e. The molecule has 0 amide bonds. The number of nitrogens with two attached hydrogens (primary N) is 1. The van der Waals surface area contributed by atoms with E-state index in [1.807, 2.05) is 6.92 Å². The highest BCUT2D eigenvalue weighted by Gasteiger charge is 2.27. The maximum absolute atomic E-state index is 12.0. The Kier molecular flexibility index (Phi) is 3.95. The summed E-state index contributed by atoms with van der Waals surface area (Å²) in [7, 11) is 0. The first-order valence-corrected chi connectivity index (χ1v) is 7.34. The Bertz CT molecular complexity index is 412. The van der Waals surface area contributed by atoms with Crippen LogP contribution in [0.2, 0.25) is 0 Å². The normalized spacial score (nSPS) is 28.1. The number of hydrogen-bond donors (Lipinski definition) is 1. The number of anilines is 1. The van der Waals surface area contributed by atoms with E-state index in [0.29, 0.717) is 22.4 Å². The second-order valence-electron chi connectivity index (χ2n) is 5.57. The Labute approximate surface area is 112 Å². The van der Waals surface area contributed by atoms with Gasteiger partial charge in [0.25, 0.3) is 0 Å². The van der Waals surface area contributed by atoms with Crippen LogP contribution in [-0.2, 0) is 4.74 Å². The maximum atomic E-state index is 12.0. The molecule has 0 aliphatic heterocycles. The summed E-state index contributed by atoms with van der Waals surface area (Å²) in [6.07, 6.45) is 3.27. The summed E-state index contributed by atoms with van der Waals surface area (Å²) in [6.45, 7) is 6.37. The van der Waals surface area contributed by atoms with Crippen molar-refractivity contribution in [2.45, 2.75) is 46.1 Å². The number of esters is 1. The van der Waals surface area contributed by atoms with E-state index in [1.54, 1.807) is 6.07 Å². The van der Waals surface area contributed by atoms with Gasteiger partial charge in [0.15, 0.2) is 0 Å². The van der Waals surface area contributed by atoms with Gasteiger partial charge < -0.3 is 10.5 Å². The van der Waals surface area contributed by atoms with E-state index < -0.39 is 0 Å². The van der Waals surface area contributed by atoms with Crippen molar-refractivity contribution in [2.75, 3.05) is 5.73 Å². The highest BCUT2D eigenvalue weighted by Crippen LogP contribution is 2.32. The van der Waals surface area contributed by atoms with Gasteiger partial charge in [0.2, 0.25) is 0 Å². The Hall–Kier alpha value is -1.03. The first kappa shape index (κ1) is 13.4. The average Bonchev–Trinajstić information content (AvgIpc) is 2.57. The summed E-state index contributed by atoms with van der Waals surface area (Å²) >= 11 is 1.41. The summed E-state index contributed by atoms with van der Waals surface area (Å²) < 4.78 is 5.60. The molecule has 0 bridgehead atoms. The van der Waals surface area contributed by atoms with Crippen molar-refractivity contribution in [1.29, 1.82) is 0 Å². The monoisotopic (exact) mass is 267 g/mol. The highest BCUT2D eigenvalue weighted by molar-refractivity contribution is 7.14. The van der Waals surface area contributed by atoms with Crippen molar-refractivity contribution in [3.63, 3.8) is 0 Å². The number of aryl methyl sites for hydroxylation is 1. The van der Waals surface area contributed by atoms with Crippen molar-refractivity contribution in [3.8, 4) is 0 Å². The van der Waals surface area contributed by atoms with Gasteiger partial charge in [-0.2, -0.15) is 0 Å². The predicted molar refractivity (Wildman–Crippen MR) is 74.9 cm³/mol. The van der Waals surface area contributed by atoms with Crippen LogP contribution >= 0.6 is 11.3 Å². The van der Waals surface area contributed by atoms with Crippen LogP contribution in [0.1, 0.15) is 47.7 Å². The SMILES string of the molecule is Cc1sc(C(=O)OC2CC(C)CC(C)C2)cc1N. The van der Waals surface area contributed by atoms with E-state index >= 15 is 0 Å². The van der Waals surface area contributed by atoms with Crippen LogP contribution in [0.25, 0.3) is 0 Å². The zero-order valence-corrected chi connectivity index (χ0v) is 12.0. The first-order valence-electron chi connectivity index (χ1n) is 6.52. The number of carbonyl (C=O) groups excluding carboxylic acids is 1. The summed E-state index contributed by atoms with van der Waals surface area (Å²) in [6, 6.07) is 1.72. The molecule has 2 rings (SSSR count). The van der Waals surface area contributed by atoms with Crippen LogP contribution < -0.4 is 5.73 Å². The van der Waals surface area contributed by atoms with Crippen molar-refractivity contribution >= 4 is 23.0 Å². The summed E-state index contributed by atoms with van der Waals surface area (Å²) in [5.74, 6) is 1.06. The molecule has 1 aromatic rings. The van der Waals surface area contributed by atoms with Crippen molar-refractivity contribution in [1.82, 2.24) is 0 Å². The molecule has 1 aliphatic rings. The van der Waals surface area contributed by atoms with Crippen LogP contribution in [0.5, 0.6) is 0 Å². The van der Waals surface area contributed by atoms with Crippen molar-refractivity contribution < 1.29 is 9.53 Å². The number of carbonyl (C=O) groups is 1. The molecule has 1 heterocycles. The lowest BCUT2D eigenvalue weighted by atomic mass is 9.82. The van der Waals surface area contributed by atoms with Gasteiger partial charge in [-0.3, -0.25) is 0 Å². The van der Waals surface area contributed by atoms with Gasteiger partial charge in [0.05, 0.1) is 0 Å². The molecule has 0 aromatic carbocycles. The smallest absolute Gasteiger partial charge is 0.348 e. The molecule has 2 N–H and O–H groups in total. The Morgan fingerprint density at radius 2 is 1.94 bits per heavy atom. The van der Waals surface area contributed by atoms with Crippen LogP contribution in [0.15, 0.2) is 6.07 Å². The second kappa shape index (κ2) is 5.31. The third-order valence-corrected chi connectivity index (χ3v) is 4.61. The fraction of sp³-hybridized carbons (Fsp3) is 0.643. The van der Waals surface area contributed by atoms with Gasteiger partial charge in [0, 0.05) is 10.6 Å². The lowest BCUT2D eigenvalue weighted by Gasteiger charge is -2.30. The minimum absolute atomic E-state index is 0.0693. The molecular formula is C14H21NO2S. The van der Waals surface area contributed by atoms with Crippen molar-refractivity contribution in [3.05, 3.63) is 15.8 Å². The maximum Gasteiger partial charge on any atom is 0.348 e. The zero-order valence-electron chi connectivity index (χ0n) is 11.2. The highest BCUT2D eigenvalue weighted by atomic mass is 32.1. The molecule has 0 saturated heterocycles. The molecule has 1 fully saturated rings. The third-order valence-electron chi connectivity index (χ3n) is 3.57. The number of hydrogen-bond acceptors (Lipinski definition) is 4. The molecule has 0 radical (unpaired) electrons. The summed E-state index contributed by atoms with van der Waals surface area (Å²) in [5.41, 5.74) is 6.44. The summed E-state index contributed by atoms with van der Waals surface area (Å²) in [4.78, 5) is 13.6. The Balaban J connectivity index is 1.98. The molecule has 100 valence electrons. The van der Waals surface area contributed by atoms with E-state index in [4.69, 9.17) is 10.5 Å². The number of ether oxygens (including phenoxy) is 1. The van der Waals surface area contributed by atoms with Crippen LogP contribution in [0.4, 0.5) is 5.69 Å². The molecular weight excluding hydrogens is 246 g/mol. The lowest BCUT2D eigenvalue weighted by molar-refractivity contribution is 0.00858. The fourth-order valence-corrected chi connectivity index (χ4v) is 3.60. The predicted octanol–water partition coefficient (Wildman–Crippen LogP) is 3.62. The molecule has 2 unspecified atom stereocenters. The first-order chi connectivity index (χ1) is 8.45. The zero-order chi connectivity index (χ0) is 13.3. The molecule has 1 aromatic heterocycles. The Morgan fingerprint density at radius 3 is 2.44 bits per heavy atom. The molecule has 2 atom stereocenters. The molecule has 1 aliphatic carbocycles. The number of thiophene rings is 1. The van der Waals surface area contributed by atoms with Gasteiger partial charge in [-0.25, -0.2) is 4.79 Å². The minimum atomic E-state index is -0.217. The third kappa shape index (κ3) is 3.05.